The highest BCUT2D eigenvalue weighted by atomic mass is 16.5. The molecule has 0 aromatic heterocycles. The maximum Gasteiger partial charge on any atom is 0.156 e. The lowest BCUT2D eigenvalue weighted by Crippen LogP contribution is -2.54. The molecule has 2 N–H and O–H groups in total. The molecular formula is C13H18N2O2. The molecule has 0 amide bonds. The van der Waals surface area contributed by atoms with Gasteiger partial charge in [-0.25, -0.2) is 5.06 Å². The van der Waals surface area contributed by atoms with E-state index in [0.29, 0.717) is 5.84 Å². The van der Waals surface area contributed by atoms with Crippen molar-refractivity contribution in [2.75, 3.05) is 6.61 Å². The quantitative estimate of drug-likeness (QED) is 0.818. The maximum atomic E-state index is 10.2. The number of aliphatic hydroxyl groups is 1. The number of aliphatic hydroxyl groups excluding tert-OH is 1. The average molecular weight is 234 g/mol. The lowest BCUT2D eigenvalue weighted by atomic mass is 9.83. The highest BCUT2D eigenvalue weighted by molar-refractivity contribution is 6.00. The number of rotatable bonds is 2. The second kappa shape index (κ2) is 3.82. The van der Waals surface area contributed by atoms with Crippen molar-refractivity contribution in [3.8, 4) is 0 Å². The minimum atomic E-state index is -0.701. The molecule has 4 heteroatoms. The lowest BCUT2D eigenvalue weighted by Gasteiger charge is -2.38. The van der Waals surface area contributed by atoms with Crippen LogP contribution in [0.1, 0.15) is 26.3 Å². The largest absolute Gasteiger partial charge is 0.394 e. The summed E-state index contributed by atoms with van der Waals surface area (Å²) in [6.07, 6.45) is 0. The van der Waals surface area contributed by atoms with E-state index in [9.17, 15) is 10.3 Å². The first-order valence-electron chi connectivity index (χ1n) is 5.67. The fourth-order valence-electron chi connectivity index (χ4n) is 1.91. The number of aliphatic imine (C=N–C) groups is 1. The topological polar surface area (TPSA) is 56.1 Å². The molecule has 0 spiro atoms. The number of hydrogen-bond acceptors (Lipinski definition) is 4. The van der Waals surface area contributed by atoms with Gasteiger partial charge in [0.15, 0.2) is 5.84 Å². The van der Waals surface area contributed by atoms with E-state index in [0.717, 1.165) is 10.6 Å². The zero-order valence-electron chi connectivity index (χ0n) is 10.4. The minimum absolute atomic E-state index is 0.104. The van der Waals surface area contributed by atoms with Crippen LogP contribution in [0.5, 0.6) is 0 Å². The molecule has 2 rings (SSSR count). The smallest absolute Gasteiger partial charge is 0.156 e. The highest BCUT2D eigenvalue weighted by Crippen LogP contribution is 2.37. The van der Waals surface area contributed by atoms with Gasteiger partial charge in [0, 0.05) is 5.56 Å². The van der Waals surface area contributed by atoms with Gasteiger partial charge in [0.05, 0.1) is 12.1 Å². The molecule has 1 atom stereocenters. The third kappa shape index (κ3) is 1.64. The molecule has 0 fully saturated rings. The molecule has 0 bridgehead atoms. The van der Waals surface area contributed by atoms with Crippen LogP contribution in [-0.2, 0) is 0 Å². The van der Waals surface area contributed by atoms with Gasteiger partial charge in [-0.15, -0.1) is 0 Å². The molecule has 1 heterocycles. The normalized spacial score (nSPS) is 27.1. The Balaban J connectivity index is 2.48. The number of hydroxylamine groups is 2. The summed E-state index contributed by atoms with van der Waals surface area (Å²) >= 11 is 0. The standard InChI is InChI=1S/C13H18N2O2/c1-12(2)13(3,9-16)14-11(15(12)17)10-7-5-4-6-8-10/h4-8,16-17H,9H2,1-3H3. The Morgan fingerprint density at radius 1 is 1.18 bits per heavy atom. The van der Waals surface area contributed by atoms with E-state index in [-0.39, 0.29) is 6.61 Å². The summed E-state index contributed by atoms with van der Waals surface area (Å²) in [4.78, 5) is 4.49. The van der Waals surface area contributed by atoms with Crippen molar-refractivity contribution in [3.63, 3.8) is 0 Å². The van der Waals surface area contributed by atoms with E-state index in [4.69, 9.17) is 0 Å². The van der Waals surface area contributed by atoms with Crippen LogP contribution in [0, 0.1) is 0 Å². The van der Waals surface area contributed by atoms with Gasteiger partial charge in [0.2, 0.25) is 0 Å². The predicted molar refractivity (Wildman–Crippen MR) is 66.2 cm³/mol. The third-order valence-electron chi connectivity index (χ3n) is 3.74. The lowest BCUT2D eigenvalue weighted by molar-refractivity contribution is -0.108. The molecule has 0 aliphatic carbocycles. The SMILES string of the molecule is CC1(CO)N=C(c2ccccc2)N(O)C1(C)C. The molecule has 1 aromatic rings. The fourth-order valence-corrected chi connectivity index (χ4v) is 1.91. The van der Waals surface area contributed by atoms with Crippen LogP contribution in [0.15, 0.2) is 35.3 Å². The van der Waals surface area contributed by atoms with Crippen molar-refractivity contribution in [2.24, 2.45) is 4.99 Å². The number of hydrogen-bond donors (Lipinski definition) is 2. The summed E-state index contributed by atoms with van der Waals surface area (Å²) in [5.41, 5.74) is -0.486. The Kier molecular flexibility index (Phi) is 2.72. The number of benzene rings is 1. The Morgan fingerprint density at radius 2 is 1.76 bits per heavy atom. The summed E-state index contributed by atoms with van der Waals surface area (Å²) in [7, 11) is 0. The van der Waals surface area contributed by atoms with E-state index in [1.165, 1.54) is 0 Å². The monoisotopic (exact) mass is 234 g/mol. The Labute approximate surface area is 101 Å². The Bertz CT molecular complexity index is 442. The molecule has 1 aromatic carbocycles. The van der Waals surface area contributed by atoms with Crippen molar-refractivity contribution >= 4 is 5.84 Å². The summed E-state index contributed by atoms with van der Waals surface area (Å²) < 4.78 is 0. The van der Waals surface area contributed by atoms with Crippen LogP contribution >= 0.6 is 0 Å². The van der Waals surface area contributed by atoms with Gasteiger partial charge >= 0.3 is 0 Å². The van der Waals surface area contributed by atoms with Gasteiger partial charge in [-0.05, 0) is 20.8 Å². The second-order valence-electron chi connectivity index (χ2n) is 5.10. The Hall–Kier alpha value is -1.39. The highest BCUT2D eigenvalue weighted by Gasteiger charge is 2.51. The zero-order valence-corrected chi connectivity index (χ0v) is 10.4. The first-order chi connectivity index (χ1) is 7.92. The van der Waals surface area contributed by atoms with Crippen LogP contribution in [0.25, 0.3) is 0 Å². The van der Waals surface area contributed by atoms with E-state index in [1.807, 2.05) is 51.1 Å². The van der Waals surface area contributed by atoms with Crippen LogP contribution in [-0.4, -0.2) is 38.9 Å². The van der Waals surface area contributed by atoms with E-state index in [1.54, 1.807) is 0 Å². The van der Waals surface area contributed by atoms with E-state index < -0.39 is 11.1 Å². The summed E-state index contributed by atoms with van der Waals surface area (Å²) in [6, 6.07) is 9.49. The van der Waals surface area contributed by atoms with Crippen molar-refractivity contribution < 1.29 is 10.3 Å². The molecule has 0 radical (unpaired) electrons. The summed E-state index contributed by atoms with van der Waals surface area (Å²) in [6.45, 7) is 5.46. The maximum absolute atomic E-state index is 10.2. The van der Waals surface area contributed by atoms with Crippen LogP contribution in [0.4, 0.5) is 0 Å². The first-order valence-corrected chi connectivity index (χ1v) is 5.67. The predicted octanol–water partition coefficient (Wildman–Crippen LogP) is 1.67. The van der Waals surface area contributed by atoms with Gasteiger partial charge in [-0.2, -0.15) is 0 Å². The molecular weight excluding hydrogens is 216 g/mol. The Morgan fingerprint density at radius 3 is 2.24 bits per heavy atom. The molecule has 17 heavy (non-hydrogen) atoms. The molecule has 1 unspecified atom stereocenters. The number of nitrogens with zero attached hydrogens (tertiary/aromatic N) is 2. The van der Waals surface area contributed by atoms with E-state index >= 15 is 0 Å². The zero-order chi connectivity index (χ0) is 12.7. The van der Waals surface area contributed by atoms with Gasteiger partial charge in [0.25, 0.3) is 0 Å². The summed E-state index contributed by atoms with van der Waals surface area (Å²) in [5, 5.41) is 20.9. The second-order valence-corrected chi connectivity index (χ2v) is 5.10. The van der Waals surface area contributed by atoms with Gasteiger partial charge in [-0.3, -0.25) is 10.2 Å². The van der Waals surface area contributed by atoms with Crippen LogP contribution in [0.2, 0.25) is 0 Å². The molecule has 0 saturated carbocycles. The fraction of sp³-hybridized carbons (Fsp3) is 0.462. The minimum Gasteiger partial charge on any atom is -0.394 e. The molecule has 92 valence electrons. The van der Waals surface area contributed by atoms with Crippen molar-refractivity contribution in [1.82, 2.24) is 5.06 Å². The number of amidine groups is 1. The molecule has 1 aliphatic heterocycles. The molecule has 1 aliphatic rings. The molecule has 4 nitrogen and oxygen atoms in total. The van der Waals surface area contributed by atoms with Gasteiger partial charge in [0.1, 0.15) is 5.54 Å². The molecule has 0 saturated heterocycles. The van der Waals surface area contributed by atoms with Crippen LogP contribution < -0.4 is 0 Å². The van der Waals surface area contributed by atoms with E-state index in [2.05, 4.69) is 4.99 Å². The third-order valence-corrected chi connectivity index (χ3v) is 3.74. The van der Waals surface area contributed by atoms with Crippen molar-refractivity contribution in [2.45, 2.75) is 31.8 Å². The van der Waals surface area contributed by atoms with Gasteiger partial charge < -0.3 is 5.11 Å². The average Bonchev–Trinajstić information content (AvgIpc) is 2.52. The van der Waals surface area contributed by atoms with Crippen LogP contribution in [0.3, 0.4) is 0 Å². The van der Waals surface area contributed by atoms with Crippen molar-refractivity contribution in [3.05, 3.63) is 35.9 Å². The first kappa shape index (κ1) is 12.1. The van der Waals surface area contributed by atoms with Gasteiger partial charge in [-0.1, -0.05) is 30.3 Å². The summed E-state index contributed by atoms with van der Waals surface area (Å²) in [5.74, 6) is 0.507. The van der Waals surface area contributed by atoms with Crippen molar-refractivity contribution in [1.29, 1.82) is 0 Å².